The van der Waals surface area contributed by atoms with Crippen molar-refractivity contribution in [3.63, 3.8) is 0 Å². The van der Waals surface area contributed by atoms with Crippen LogP contribution in [0, 0.1) is 0 Å². The smallest absolute Gasteiger partial charge is 0.338 e. The van der Waals surface area contributed by atoms with Gasteiger partial charge in [0, 0.05) is 16.5 Å². The van der Waals surface area contributed by atoms with Gasteiger partial charge in [0.1, 0.15) is 18.4 Å². The van der Waals surface area contributed by atoms with Crippen LogP contribution in [0.1, 0.15) is 43.9 Å². The van der Waals surface area contributed by atoms with Crippen molar-refractivity contribution in [2.24, 2.45) is 0 Å². The standard InChI is InChI=1S/C25H27ClN4O3S/c1-4-5-13-34-25-28-24-27-16(2)21(23(31)32-3)22(30(24)29-25)18-7-6-8-20(14-18)33-15-17-9-11-19(26)12-10-17/h6-12,14,22H,4-5,13,15H2,1-3H3,(H,27,28,29). The second-order valence-electron chi connectivity index (χ2n) is 7.91. The van der Waals surface area contributed by atoms with Crippen molar-refractivity contribution in [1.82, 2.24) is 14.8 Å². The number of nitrogens with one attached hydrogen (secondary N) is 1. The Balaban J connectivity index is 1.65. The van der Waals surface area contributed by atoms with E-state index in [1.54, 1.807) is 16.4 Å². The number of unbranched alkanes of at least 4 members (excludes halogenated alkanes) is 1. The maximum absolute atomic E-state index is 12.8. The summed E-state index contributed by atoms with van der Waals surface area (Å²) in [6.45, 7) is 4.41. The lowest BCUT2D eigenvalue weighted by atomic mass is 9.95. The molecule has 4 rings (SSSR count). The first kappa shape index (κ1) is 24.2. The highest BCUT2D eigenvalue weighted by atomic mass is 35.5. The molecular formula is C25H27ClN4O3S. The minimum Gasteiger partial charge on any atom is -0.489 e. The number of thioether (sulfide) groups is 1. The molecule has 7 nitrogen and oxygen atoms in total. The van der Waals surface area contributed by atoms with Gasteiger partial charge < -0.3 is 14.8 Å². The number of fused-ring (bicyclic) bond motifs is 1. The molecule has 34 heavy (non-hydrogen) atoms. The molecule has 0 amide bonds. The van der Waals surface area contributed by atoms with Crippen molar-refractivity contribution in [3.05, 3.63) is 76.0 Å². The number of allylic oxidation sites excluding steroid dienone is 1. The number of rotatable bonds is 9. The van der Waals surface area contributed by atoms with E-state index < -0.39 is 12.0 Å². The van der Waals surface area contributed by atoms with Crippen molar-refractivity contribution in [2.45, 2.75) is 44.5 Å². The maximum Gasteiger partial charge on any atom is 0.338 e. The summed E-state index contributed by atoms with van der Waals surface area (Å²) in [5.41, 5.74) is 3.04. The zero-order chi connectivity index (χ0) is 24.1. The van der Waals surface area contributed by atoms with E-state index in [9.17, 15) is 4.79 Å². The first-order valence-electron chi connectivity index (χ1n) is 11.1. The largest absolute Gasteiger partial charge is 0.489 e. The zero-order valence-corrected chi connectivity index (χ0v) is 20.9. The molecule has 0 radical (unpaired) electrons. The molecule has 0 saturated carbocycles. The predicted octanol–water partition coefficient (Wildman–Crippen LogP) is 5.86. The number of aromatic nitrogens is 3. The van der Waals surface area contributed by atoms with E-state index in [0.717, 1.165) is 29.7 Å². The number of hydrogen-bond acceptors (Lipinski definition) is 7. The molecular weight excluding hydrogens is 472 g/mol. The summed E-state index contributed by atoms with van der Waals surface area (Å²) in [7, 11) is 1.38. The predicted molar refractivity (Wildman–Crippen MR) is 134 cm³/mol. The van der Waals surface area contributed by atoms with Crippen LogP contribution in [-0.2, 0) is 16.1 Å². The molecule has 9 heteroatoms. The fourth-order valence-electron chi connectivity index (χ4n) is 3.70. The highest BCUT2D eigenvalue weighted by Gasteiger charge is 2.35. The van der Waals surface area contributed by atoms with Crippen molar-refractivity contribution < 1.29 is 14.3 Å². The van der Waals surface area contributed by atoms with Crippen LogP contribution in [0.15, 0.2) is 65.0 Å². The van der Waals surface area contributed by atoms with Gasteiger partial charge in [-0.05, 0) is 48.7 Å². The number of hydrogen-bond donors (Lipinski definition) is 1. The average Bonchev–Trinajstić information content (AvgIpc) is 3.24. The van der Waals surface area contributed by atoms with Crippen molar-refractivity contribution in [2.75, 3.05) is 18.2 Å². The van der Waals surface area contributed by atoms with Gasteiger partial charge in [0.05, 0.1) is 12.7 Å². The number of carbonyl (C=O) groups excluding carboxylic acids is 1. The van der Waals surface area contributed by atoms with Crippen molar-refractivity contribution in [1.29, 1.82) is 0 Å². The Labute approximate surface area is 208 Å². The molecule has 178 valence electrons. The van der Waals surface area contributed by atoms with Gasteiger partial charge in [-0.2, -0.15) is 4.98 Å². The Kier molecular flexibility index (Phi) is 7.80. The van der Waals surface area contributed by atoms with Gasteiger partial charge >= 0.3 is 5.97 Å². The number of ether oxygens (including phenoxy) is 2. The molecule has 1 unspecified atom stereocenters. The van der Waals surface area contributed by atoms with Crippen LogP contribution in [0.5, 0.6) is 5.75 Å². The Morgan fingerprint density at radius 3 is 2.76 bits per heavy atom. The number of anilines is 1. The number of halogens is 1. The molecule has 1 aromatic heterocycles. The molecule has 0 aliphatic carbocycles. The number of carbonyl (C=O) groups is 1. The molecule has 1 aliphatic rings. The lowest BCUT2D eigenvalue weighted by Crippen LogP contribution is -2.29. The van der Waals surface area contributed by atoms with Crippen LogP contribution >= 0.6 is 23.4 Å². The van der Waals surface area contributed by atoms with Gasteiger partial charge in [-0.3, -0.25) is 0 Å². The quantitative estimate of drug-likeness (QED) is 0.225. The lowest BCUT2D eigenvalue weighted by Gasteiger charge is -2.28. The molecule has 2 aromatic carbocycles. The summed E-state index contributed by atoms with van der Waals surface area (Å²) < 4.78 is 12.9. The van der Waals surface area contributed by atoms with Gasteiger partial charge in [-0.25, -0.2) is 9.48 Å². The normalized spacial score (nSPS) is 15.0. The Morgan fingerprint density at radius 2 is 2.03 bits per heavy atom. The maximum atomic E-state index is 12.8. The molecule has 1 atom stereocenters. The Morgan fingerprint density at radius 1 is 1.24 bits per heavy atom. The molecule has 1 N–H and O–H groups in total. The van der Waals surface area contributed by atoms with E-state index in [1.165, 1.54) is 7.11 Å². The first-order chi connectivity index (χ1) is 16.5. The summed E-state index contributed by atoms with van der Waals surface area (Å²) in [6, 6.07) is 14.7. The molecule has 0 bridgehead atoms. The van der Waals surface area contributed by atoms with E-state index in [1.807, 2.05) is 55.5 Å². The second-order valence-corrected chi connectivity index (χ2v) is 9.41. The molecule has 0 spiro atoms. The second kappa shape index (κ2) is 11.0. The average molecular weight is 499 g/mol. The molecule has 0 fully saturated rings. The summed E-state index contributed by atoms with van der Waals surface area (Å²) >= 11 is 7.58. The number of benzene rings is 2. The zero-order valence-electron chi connectivity index (χ0n) is 19.4. The highest BCUT2D eigenvalue weighted by Crippen LogP contribution is 2.37. The fraction of sp³-hybridized carbons (Fsp3) is 0.320. The lowest BCUT2D eigenvalue weighted by molar-refractivity contribution is -0.136. The number of esters is 1. The molecule has 1 aliphatic heterocycles. The summed E-state index contributed by atoms with van der Waals surface area (Å²) in [5, 5.41) is 9.30. The fourth-order valence-corrected chi connectivity index (χ4v) is 4.74. The van der Waals surface area contributed by atoms with Gasteiger partial charge in [0.15, 0.2) is 0 Å². The van der Waals surface area contributed by atoms with Crippen molar-refractivity contribution in [3.8, 4) is 5.75 Å². The summed E-state index contributed by atoms with van der Waals surface area (Å²) in [4.78, 5) is 17.4. The van der Waals surface area contributed by atoms with Crippen LogP contribution in [0.4, 0.5) is 5.95 Å². The highest BCUT2D eigenvalue weighted by molar-refractivity contribution is 7.99. The van der Waals surface area contributed by atoms with Crippen LogP contribution in [-0.4, -0.2) is 33.6 Å². The van der Waals surface area contributed by atoms with Crippen molar-refractivity contribution >= 4 is 35.3 Å². The summed E-state index contributed by atoms with van der Waals surface area (Å²) in [6.07, 6.45) is 2.19. The topological polar surface area (TPSA) is 78.3 Å². The van der Waals surface area contributed by atoms with Crippen LogP contribution < -0.4 is 10.1 Å². The minimum atomic E-state index is -0.490. The van der Waals surface area contributed by atoms with Gasteiger partial charge in [-0.15, -0.1) is 5.10 Å². The SMILES string of the molecule is CCCCSc1nc2n(n1)C(c1cccc(OCc3ccc(Cl)cc3)c1)C(C(=O)OC)=C(C)N2. The Hall–Kier alpha value is -2.97. The number of methoxy groups -OCH3 is 1. The van der Waals surface area contributed by atoms with Gasteiger partial charge in [0.25, 0.3) is 0 Å². The van der Waals surface area contributed by atoms with Crippen LogP contribution in [0.2, 0.25) is 5.02 Å². The molecule has 2 heterocycles. The third-order valence-electron chi connectivity index (χ3n) is 5.46. The molecule has 3 aromatic rings. The summed E-state index contributed by atoms with van der Waals surface area (Å²) in [5.74, 6) is 1.81. The van der Waals surface area contributed by atoms with E-state index in [-0.39, 0.29) is 0 Å². The van der Waals surface area contributed by atoms with Gasteiger partial charge in [-0.1, -0.05) is 61.0 Å². The Bertz CT molecular complexity index is 1190. The van der Waals surface area contributed by atoms with Crippen LogP contribution in [0.3, 0.4) is 0 Å². The molecule has 0 saturated heterocycles. The van der Waals surface area contributed by atoms with E-state index in [4.69, 9.17) is 26.2 Å². The van der Waals surface area contributed by atoms with Crippen LogP contribution in [0.25, 0.3) is 0 Å². The first-order valence-corrected chi connectivity index (χ1v) is 12.5. The third-order valence-corrected chi connectivity index (χ3v) is 6.64. The minimum absolute atomic E-state index is 0.401. The van der Waals surface area contributed by atoms with E-state index in [2.05, 4.69) is 17.2 Å². The number of nitrogens with zero attached hydrogens (tertiary/aromatic N) is 3. The monoisotopic (exact) mass is 498 g/mol. The van der Waals surface area contributed by atoms with E-state index >= 15 is 0 Å². The third kappa shape index (κ3) is 5.39. The van der Waals surface area contributed by atoms with Gasteiger partial charge in [0.2, 0.25) is 11.1 Å². The van der Waals surface area contributed by atoms with E-state index in [0.29, 0.717) is 39.8 Å².